The zero-order valence-electron chi connectivity index (χ0n) is 18.1. The average Bonchev–Trinajstić information content (AvgIpc) is 2.74. The van der Waals surface area contributed by atoms with Crippen molar-refractivity contribution in [3.63, 3.8) is 0 Å². The number of aryl methyl sites for hydroxylation is 1. The van der Waals surface area contributed by atoms with Crippen LogP contribution < -0.4 is 20.0 Å². The summed E-state index contributed by atoms with van der Waals surface area (Å²) in [6, 6.07) is 19.4. The Bertz CT molecular complexity index is 752. The van der Waals surface area contributed by atoms with E-state index in [0.717, 1.165) is 19.5 Å². The number of hydrogen-bond donors (Lipinski definition) is 3. The Balaban J connectivity index is 1.62. The summed E-state index contributed by atoms with van der Waals surface area (Å²) in [6.07, 6.45) is 1.33. The van der Waals surface area contributed by atoms with Gasteiger partial charge in [-0.05, 0) is 24.1 Å². The summed E-state index contributed by atoms with van der Waals surface area (Å²) in [7, 11) is 6.39. The van der Waals surface area contributed by atoms with Gasteiger partial charge in [0.05, 0.1) is 13.6 Å². The molecule has 1 atom stereocenters. The van der Waals surface area contributed by atoms with Crippen LogP contribution in [0.1, 0.15) is 23.6 Å². The van der Waals surface area contributed by atoms with Gasteiger partial charge in [-0.3, -0.25) is 4.79 Å². The van der Waals surface area contributed by atoms with E-state index < -0.39 is 0 Å². The minimum Gasteiger partial charge on any atom is -0.378 e. The van der Waals surface area contributed by atoms with E-state index in [-0.39, 0.29) is 5.91 Å². The van der Waals surface area contributed by atoms with Gasteiger partial charge in [-0.1, -0.05) is 42.5 Å². The first-order chi connectivity index (χ1) is 14.0. The van der Waals surface area contributed by atoms with Crippen molar-refractivity contribution >= 4 is 11.6 Å². The molecule has 0 aromatic heterocycles. The summed E-state index contributed by atoms with van der Waals surface area (Å²) in [5.41, 5.74) is 3.73. The highest BCUT2D eigenvalue weighted by molar-refractivity contribution is 5.76. The van der Waals surface area contributed by atoms with Gasteiger partial charge < -0.3 is 20.0 Å². The van der Waals surface area contributed by atoms with Crippen molar-refractivity contribution in [3.8, 4) is 0 Å². The number of nitrogens with zero attached hydrogens (tertiary/aromatic N) is 1. The molecule has 2 aromatic rings. The van der Waals surface area contributed by atoms with Crippen molar-refractivity contribution in [1.29, 1.82) is 0 Å². The first kappa shape index (κ1) is 21.3. The Kier molecular flexibility index (Phi) is 7.67. The zero-order chi connectivity index (χ0) is 20.6. The highest BCUT2D eigenvalue weighted by Gasteiger charge is 2.29. The molecule has 0 bridgehead atoms. The van der Waals surface area contributed by atoms with Gasteiger partial charge in [-0.15, -0.1) is 0 Å². The van der Waals surface area contributed by atoms with Crippen molar-refractivity contribution in [2.75, 3.05) is 58.8 Å². The fraction of sp³-hybridized carbons (Fsp3) is 0.458. The largest absolute Gasteiger partial charge is 0.378 e. The summed E-state index contributed by atoms with van der Waals surface area (Å²) in [4.78, 5) is 17.8. The van der Waals surface area contributed by atoms with Crippen molar-refractivity contribution < 1.29 is 14.6 Å². The number of quaternary nitrogens is 2. The van der Waals surface area contributed by atoms with Crippen molar-refractivity contribution in [1.82, 2.24) is 5.32 Å². The Morgan fingerprint density at radius 3 is 2.28 bits per heavy atom. The van der Waals surface area contributed by atoms with Crippen LogP contribution in [-0.2, 0) is 11.2 Å². The Morgan fingerprint density at radius 2 is 1.66 bits per heavy atom. The molecule has 1 aliphatic rings. The number of rotatable bonds is 8. The molecule has 1 saturated heterocycles. The van der Waals surface area contributed by atoms with Crippen LogP contribution in [0, 0.1) is 0 Å². The zero-order valence-corrected chi connectivity index (χ0v) is 18.1. The van der Waals surface area contributed by atoms with Gasteiger partial charge in [0.15, 0.2) is 0 Å². The van der Waals surface area contributed by atoms with Crippen LogP contribution in [-0.4, -0.2) is 59.8 Å². The summed E-state index contributed by atoms with van der Waals surface area (Å²) in [6.45, 7) is 5.36. The molecular weight excluding hydrogens is 360 g/mol. The maximum atomic E-state index is 12.5. The SMILES string of the molecule is CN(C)c1ccc([C@@H](CNC(=O)CCc2ccccc2)[NH+]2CC[NH+](C)CC2)cc1. The number of nitrogens with one attached hydrogen (secondary N) is 3. The number of benzene rings is 2. The van der Waals surface area contributed by atoms with E-state index in [4.69, 9.17) is 0 Å². The molecule has 0 unspecified atom stereocenters. The van der Waals surface area contributed by atoms with Crippen LogP contribution in [0.15, 0.2) is 54.6 Å². The third kappa shape index (κ3) is 6.31. The van der Waals surface area contributed by atoms with E-state index in [9.17, 15) is 4.79 Å². The topological polar surface area (TPSA) is 41.2 Å². The monoisotopic (exact) mass is 396 g/mol. The van der Waals surface area contributed by atoms with Crippen LogP contribution in [0.4, 0.5) is 5.69 Å². The second-order valence-electron chi connectivity index (χ2n) is 8.44. The van der Waals surface area contributed by atoms with Crippen LogP contribution >= 0.6 is 0 Å². The van der Waals surface area contributed by atoms with Crippen molar-refractivity contribution in [2.24, 2.45) is 0 Å². The van der Waals surface area contributed by atoms with Crippen molar-refractivity contribution in [3.05, 3.63) is 65.7 Å². The molecule has 0 saturated carbocycles. The molecule has 1 fully saturated rings. The second-order valence-corrected chi connectivity index (χ2v) is 8.44. The highest BCUT2D eigenvalue weighted by atomic mass is 16.1. The normalized spacial score (nSPS) is 20.1. The van der Waals surface area contributed by atoms with Crippen LogP contribution in [0.3, 0.4) is 0 Å². The lowest BCUT2D eigenvalue weighted by atomic mass is 10.0. The van der Waals surface area contributed by atoms with E-state index in [1.165, 1.54) is 29.9 Å². The highest BCUT2D eigenvalue weighted by Crippen LogP contribution is 2.16. The molecule has 29 heavy (non-hydrogen) atoms. The van der Waals surface area contributed by atoms with Crippen molar-refractivity contribution in [2.45, 2.75) is 18.9 Å². The second kappa shape index (κ2) is 10.4. The van der Waals surface area contributed by atoms with Crippen LogP contribution in [0.25, 0.3) is 0 Å². The van der Waals surface area contributed by atoms with E-state index in [1.807, 2.05) is 18.2 Å². The predicted octanol–water partition coefficient (Wildman–Crippen LogP) is -0.0441. The lowest BCUT2D eigenvalue weighted by Gasteiger charge is -2.33. The number of anilines is 1. The third-order valence-electron chi connectivity index (χ3n) is 6.04. The maximum Gasteiger partial charge on any atom is 0.220 e. The third-order valence-corrected chi connectivity index (χ3v) is 6.04. The molecule has 5 nitrogen and oxygen atoms in total. The van der Waals surface area contributed by atoms with E-state index in [1.54, 1.807) is 9.80 Å². The number of carbonyl (C=O) groups is 1. The molecule has 1 heterocycles. The number of amides is 1. The fourth-order valence-corrected chi connectivity index (χ4v) is 4.06. The molecule has 5 heteroatoms. The molecule has 156 valence electrons. The Morgan fingerprint density at radius 1 is 1.00 bits per heavy atom. The molecule has 2 aromatic carbocycles. The van der Waals surface area contributed by atoms with Gasteiger partial charge in [0.25, 0.3) is 0 Å². The smallest absolute Gasteiger partial charge is 0.220 e. The summed E-state index contributed by atoms with van der Waals surface area (Å²) < 4.78 is 0. The van der Waals surface area contributed by atoms with Gasteiger partial charge >= 0.3 is 0 Å². The lowest BCUT2D eigenvalue weighted by molar-refractivity contribution is -1.02. The fourth-order valence-electron chi connectivity index (χ4n) is 4.06. The summed E-state index contributed by atoms with van der Waals surface area (Å²) >= 11 is 0. The molecule has 0 aliphatic carbocycles. The van der Waals surface area contributed by atoms with Crippen LogP contribution in [0.2, 0.25) is 0 Å². The van der Waals surface area contributed by atoms with E-state index in [2.05, 4.69) is 67.8 Å². The minimum atomic E-state index is 0.142. The Labute approximate surface area is 175 Å². The first-order valence-corrected chi connectivity index (χ1v) is 10.8. The van der Waals surface area contributed by atoms with E-state index in [0.29, 0.717) is 19.0 Å². The quantitative estimate of drug-likeness (QED) is 0.586. The minimum absolute atomic E-state index is 0.142. The molecule has 1 aliphatic heterocycles. The predicted molar refractivity (Wildman–Crippen MR) is 119 cm³/mol. The molecule has 3 N–H and O–H groups in total. The van der Waals surface area contributed by atoms with Crippen LogP contribution in [0.5, 0.6) is 0 Å². The first-order valence-electron chi connectivity index (χ1n) is 10.8. The van der Waals surface area contributed by atoms with E-state index >= 15 is 0 Å². The molecule has 0 radical (unpaired) electrons. The Hall–Kier alpha value is -2.37. The summed E-state index contributed by atoms with van der Waals surface area (Å²) in [5, 5.41) is 3.22. The number of hydrogen-bond acceptors (Lipinski definition) is 2. The average molecular weight is 397 g/mol. The number of likely N-dealkylation sites (N-methyl/N-ethyl adjacent to an activating group) is 1. The molecule has 0 spiro atoms. The number of carbonyl (C=O) groups excluding carboxylic acids is 1. The lowest BCUT2D eigenvalue weighted by Crippen LogP contribution is -3.27. The summed E-state index contributed by atoms with van der Waals surface area (Å²) in [5.74, 6) is 0.142. The number of piperazine rings is 1. The van der Waals surface area contributed by atoms with Gasteiger partial charge in [-0.2, -0.15) is 0 Å². The standard InChI is InChI=1S/C24H34N4O/c1-26(2)22-12-10-21(11-13-22)23(28-17-15-27(3)16-18-28)19-25-24(29)14-9-20-7-5-4-6-8-20/h4-8,10-13,23H,9,14-19H2,1-3H3,(H,25,29)/p+2/t23-/m1/s1. The maximum absolute atomic E-state index is 12.5. The molecule has 3 rings (SSSR count). The van der Waals surface area contributed by atoms with Gasteiger partial charge in [0.1, 0.15) is 32.2 Å². The molecular formula is C24H36N4O+2. The molecule has 1 amide bonds. The van der Waals surface area contributed by atoms with Gasteiger partial charge in [-0.25, -0.2) is 0 Å². The van der Waals surface area contributed by atoms with Gasteiger partial charge in [0.2, 0.25) is 5.91 Å². The van der Waals surface area contributed by atoms with Gasteiger partial charge in [0, 0.05) is 31.8 Å².